The smallest absolute Gasteiger partial charge is 0.258 e. The lowest BCUT2D eigenvalue weighted by Gasteiger charge is -2.01. The number of benzene rings is 1. The van der Waals surface area contributed by atoms with Crippen LogP contribution < -0.4 is 0 Å². The van der Waals surface area contributed by atoms with Crippen molar-refractivity contribution in [3.05, 3.63) is 46.1 Å². The molecule has 0 saturated carbocycles. The molecule has 1 aromatic carbocycles. The first-order valence-corrected chi connectivity index (χ1v) is 4.41. The van der Waals surface area contributed by atoms with Crippen LogP contribution in [0.4, 0.5) is 14.5 Å². The van der Waals surface area contributed by atoms with Crippen LogP contribution in [-0.2, 0) is 0 Å². The van der Waals surface area contributed by atoms with E-state index < -0.39 is 11.3 Å². The molecule has 2 aromatic rings. The summed E-state index contributed by atoms with van der Waals surface area (Å²) in [5.41, 5.74) is -0.0937. The van der Waals surface area contributed by atoms with Gasteiger partial charge in [-0.15, -0.1) is 0 Å². The Bertz CT molecular complexity index is 558. The third-order valence-corrected chi connectivity index (χ3v) is 2.13. The molecule has 0 saturated heterocycles. The van der Waals surface area contributed by atoms with Gasteiger partial charge in [-0.05, 0) is 12.1 Å². The highest BCUT2D eigenvalue weighted by atomic mass is 19.3. The second-order valence-corrected chi connectivity index (χ2v) is 3.17. The maximum atomic E-state index is 12.3. The molecule has 4 nitrogen and oxygen atoms in total. The molecule has 0 bridgehead atoms. The van der Waals surface area contributed by atoms with Gasteiger partial charge in [0.1, 0.15) is 5.69 Å². The molecule has 1 aromatic heterocycles. The number of pyridine rings is 1. The summed E-state index contributed by atoms with van der Waals surface area (Å²) in [7, 11) is 0. The van der Waals surface area contributed by atoms with E-state index in [-0.39, 0.29) is 11.4 Å². The van der Waals surface area contributed by atoms with E-state index in [9.17, 15) is 18.9 Å². The standard InChI is InChI=1S/C10H6F2N2O2/c11-10(12)9-3-1-6-5-7(14(15)16)2-4-8(6)13-9/h1-5,10H. The van der Waals surface area contributed by atoms with Crippen molar-refractivity contribution >= 4 is 16.6 Å². The van der Waals surface area contributed by atoms with Crippen molar-refractivity contribution in [2.24, 2.45) is 0 Å². The molecular weight excluding hydrogens is 218 g/mol. The molecule has 0 aliphatic rings. The molecule has 0 aliphatic carbocycles. The molecule has 16 heavy (non-hydrogen) atoms. The minimum atomic E-state index is -2.64. The van der Waals surface area contributed by atoms with E-state index in [0.29, 0.717) is 10.9 Å². The third kappa shape index (κ3) is 1.81. The topological polar surface area (TPSA) is 56.0 Å². The summed E-state index contributed by atoms with van der Waals surface area (Å²) in [6, 6.07) is 6.47. The van der Waals surface area contributed by atoms with Gasteiger partial charge in [-0.25, -0.2) is 13.8 Å². The van der Waals surface area contributed by atoms with Crippen molar-refractivity contribution in [2.75, 3.05) is 0 Å². The van der Waals surface area contributed by atoms with E-state index in [1.807, 2.05) is 0 Å². The number of nitro groups is 1. The number of alkyl halides is 2. The molecule has 0 atom stereocenters. The highest BCUT2D eigenvalue weighted by molar-refractivity contribution is 5.81. The average molecular weight is 224 g/mol. The number of non-ortho nitro benzene ring substituents is 1. The van der Waals surface area contributed by atoms with Crippen molar-refractivity contribution < 1.29 is 13.7 Å². The predicted octanol–water partition coefficient (Wildman–Crippen LogP) is 3.08. The average Bonchev–Trinajstić information content (AvgIpc) is 2.27. The highest BCUT2D eigenvalue weighted by Crippen LogP contribution is 2.23. The molecular formula is C10H6F2N2O2. The quantitative estimate of drug-likeness (QED) is 0.581. The van der Waals surface area contributed by atoms with Crippen molar-refractivity contribution in [1.29, 1.82) is 0 Å². The maximum absolute atomic E-state index is 12.3. The Hall–Kier alpha value is -2.11. The summed E-state index contributed by atoms with van der Waals surface area (Å²) in [6.45, 7) is 0. The Labute approximate surface area is 88.7 Å². The number of hydrogen-bond donors (Lipinski definition) is 0. The molecule has 1 heterocycles. The van der Waals surface area contributed by atoms with Crippen LogP contribution in [0.15, 0.2) is 30.3 Å². The number of halogens is 2. The zero-order valence-corrected chi connectivity index (χ0v) is 7.93. The molecule has 0 spiro atoms. The lowest BCUT2D eigenvalue weighted by Crippen LogP contribution is -1.92. The predicted molar refractivity (Wildman–Crippen MR) is 53.4 cm³/mol. The minimum Gasteiger partial charge on any atom is -0.258 e. The van der Waals surface area contributed by atoms with Crippen LogP contribution in [0, 0.1) is 10.1 Å². The third-order valence-electron chi connectivity index (χ3n) is 2.13. The van der Waals surface area contributed by atoms with Crippen LogP contribution in [0.3, 0.4) is 0 Å². The SMILES string of the molecule is O=[N+]([O-])c1ccc2nc(C(F)F)ccc2c1. The number of aromatic nitrogens is 1. The van der Waals surface area contributed by atoms with Gasteiger partial charge in [-0.3, -0.25) is 10.1 Å². The van der Waals surface area contributed by atoms with Crippen LogP contribution in [-0.4, -0.2) is 9.91 Å². The molecule has 6 heteroatoms. The van der Waals surface area contributed by atoms with Gasteiger partial charge in [-0.2, -0.15) is 0 Å². The maximum Gasteiger partial charge on any atom is 0.280 e. The van der Waals surface area contributed by atoms with Gasteiger partial charge >= 0.3 is 0 Å². The van der Waals surface area contributed by atoms with E-state index >= 15 is 0 Å². The van der Waals surface area contributed by atoms with Crippen LogP contribution in [0.1, 0.15) is 12.1 Å². The van der Waals surface area contributed by atoms with Gasteiger partial charge in [0.25, 0.3) is 12.1 Å². The van der Waals surface area contributed by atoms with E-state index in [2.05, 4.69) is 4.98 Å². The molecule has 0 radical (unpaired) electrons. The molecule has 0 unspecified atom stereocenters. The van der Waals surface area contributed by atoms with Crippen LogP contribution in [0.5, 0.6) is 0 Å². The zero-order valence-electron chi connectivity index (χ0n) is 7.93. The fourth-order valence-corrected chi connectivity index (χ4v) is 1.36. The van der Waals surface area contributed by atoms with E-state index in [0.717, 1.165) is 6.07 Å². The van der Waals surface area contributed by atoms with E-state index in [4.69, 9.17) is 0 Å². The zero-order chi connectivity index (χ0) is 11.7. The normalized spacial score (nSPS) is 10.9. The summed E-state index contributed by atoms with van der Waals surface area (Å²) in [5.74, 6) is 0. The van der Waals surface area contributed by atoms with Crippen LogP contribution >= 0.6 is 0 Å². The van der Waals surface area contributed by atoms with Crippen LogP contribution in [0.2, 0.25) is 0 Å². The Morgan fingerprint density at radius 3 is 2.62 bits per heavy atom. The molecule has 0 fully saturated rings. The van der Waals surface area contributed by atoms with Crippen LogP contribution in [0.25, 0.3) is 10.9 Å². The molecule has 0 aliphatic heterocycles. The van der Waals surface area contributed by atoms with Crippen molar-refractivity contribution in [1.82, 2.24) is 4.98 Å². The van der Waals surface area contributed by atoms with Gasteiger partial charge in [0.2, 0.25) is 0 Å². The molecule has 82 valence electrons. The van der Waals surface area contributed by atoms with Gasteiger partial charge in [0.15, 0.2) is 0 Å². The first kappa shape index (κ1) is 10.4. The Kier molecular flexibility index (Phi) is 2.47. The highest BCUT2D eigenvalue weighted by Gasteiger charge is 2.11. The minimum absolute atomic E-state index is 0.0842. The molecule has 0 N–H and O–H groups in total. The van der Waals surface area contributed by atoms with Crippen molar-refractivity contribution in [2.45, 2.75) is 6.43 Å². The summed E-state index contributed by atoms with van der Waals surface area (Å²) < 4.78 is 24.7. The van der Waals surface area contributed by atoms with Gasteiger partial charge in [0.05, 0.1) is 10.4 Å². The Morgan fingerprint density at radius 2 is 2.00 bits per heavy atom. The number of hydrogen-bond acceptors (Lipinski definition) is 3. The Balaban J connectivity index is 2.57. The molecule has 2 rings (SSSR count). The number of rotatable bonds is 2. The lowest BCUT2D eigenvalue weighted by molar-refractivity contribution is -0.384. The second kappa shape index (κ2) is 3.80. The van der Waals surface area contributed by atoms with E-state index in [1.165, 1.54) is 24.3 Å². The summed E-state index contributed by atoms with van der Waals surface area (Å²) in [5, 5.41) is 11.0. The monoisotopic (exact) mass is 224 g/mol. The lowest BCUT2D eigenvalue weighted by atomic mass is 10.2. The fourth-order valence-electron chi connectivity index (χ4n) is 1.36. The molecule has 0 amide bonds. The largest absolute Gasteiger partial charge is 0.280 e. The summed E-state index contributed by atoms with van der Waals surface area (Å²) >= 11 is 0. The van der Waals surface area contributed by atoms with Crippen molar-refractivity contribution in [3.8, 4) is 0 Å². The summed E-state index contributed by atoms with van der Waals surface area (Å²) in [6.07, 6.45) is -2.64. The van der Waals surface area contributed by atoms with Gasteiger partial charge in [0, 0.05) is 17.5 Å². The first-order chi connectivity index (χ1) is 7.58. The van der Waals surface area contributed by atoms with Gasteiger partial charge in [-0.1, -0.05) is 6.07 Å². The van der Waals surface area contributed by atoms with E-state index in [1.54, 1.807) is 0 Å². The Morgan fingerprint density at radius 1 is 1.25 bits per heavy atom. The first-order valence-electron chi connectivity index (χ1n) is 4.41. The number of nitrogens with zero attached hydrogens (tertiary/aromatic N) is 2. The number of fused-ring (bicyclic) bond motifs is 1. The number of nitro benzene ring substituents is 1. The van der Waals surface area contributed by atoms with Crippen molar-refractivity contribution in [3.63, 3.8) is 0 Å². The second-order valence-electron chi connectivity index (χ2n) is 3.17. The fraction of sp³-hybridized carbons (Fsp3) is 0.100. The summed E-state index contributed by atoms with van der Waals surface area (Å²) in [4.78, 5) is 13.6. The van der Waals surface area contributed by atoms with Gasteiger partial charge < -0.3 is 0 Å².